The molecule has 2 aromatic carbocycles. The second-order valence-corrected chi connectivity index (χ2v) is 6.79. The Kier molecular flexibility index (Phi) is 7.80. The lowest BCUT2D eigenvalue weighted by molar-refractivity contribution is -0.140. The van der Waals surface area contributed by atoms with Gasteiger partial charge in [0.25, 0.3) is 0 Å². The van der Waals surface area contributed by atoms with Gasteiger partial charge in [0.15, 0.2) is 0 Å². The Morgan fingerprint density at radius 2 is 1.81 bits per heavy atom. The lowest BCUT2D eigenvalue weighted by atomic mass is 10.1. The molecule has 0 aliphatic rings. The third-order valence-electron chi connectivity index (χ3n) is 4.28. The molecule has 0 saturated carbocycles. The van der Waals surface area contributed by atoms with Crippen LogP contribution in [0, 0.1) is 5.82 Å². The third kappa shape index (κ3) is 6.07. The predicted octanol–water partition coefficient (Wildman–Crippen LogP) is 3.97. The molecular formula is C21H24ClFN2O2. The van der Waals surface area contributed by atoms with E-state index >= 15 is 0 Å². The maximum absolute atomic E-state index is 13.1. The van der Waals surface area contributed by atoms with Crippen molar-refractivity contribution in [3.05, 3.63) is 70.5 Å². The first-order valence-corrected chi connectivity index (χ1v) is 9.35. The molecule has 144 valence electrons. The summed E-state index contributed by atoms with van der Waals surface area (Å²) in [6.45, 7) is 4.44. The van der Waals surface area contributed by atoms with Crippen molar-refractivity contribution in [3.8, 4) is 0 Å². The van der Waals surface area contributed by atoms with Gasteiger partial charge in [0.05, 0.1) is 6.42 Å². The average molecular weight is 391 g/mol. The highest BCUT2D eigenvalue weighted by Crippen LogP contribution is 2.19. The third-order valence-corrected chi connectivity index (χ3v) is 4.65. The lowest BCUT2D eigenvalue weighted by Gasteiger charge is -2.29. The highest BCUT2D eigenvalue weighted by atomic mass is 35.5. The summed E-state index contributed by atoms with van der Waals surface area (Å²) in [6.07, 6.45) is 0.891. The fraction of sp³-hybridized carbons (Fsp3) is 0.333. The van der Waals surface area contributed by atoms with Crippen molar-refractivity contribution < 1.29 is 14.0 Å². The van der Waals surface area contributed by atoms with Gasteiger partial charge in [-0.3, -0.25) is 9.59 Å². The van der Waals surface area contributed by atoms with Crippen LogP contribution in [-0.4, -0.2) is 29.3 Å². The Morgan fingerprint density at radius 1 is 1.15 bits per heavy atom. The molecule has 6 heteroatoms. The molecule has 2 amide bonds. The van der Waals surface area contributed by atoms with E-state index in [4.69, 9.17) is 11.6 Å². The first-order valence-electron chi connectivity index (χ1n) is 8.97. The van der Waals surface area contributed by atoms with Crippen LogP contribution in [0.15, 0.2) is 48.5 Å². The van der Waals surface area contributed by atoms with Crippen LogP contribution in [0.5, 0.6) is 0 Å². The molecular weight excluding hydrogens is 367 g/mol. The number of halogens is 2. The molecule has 2 aromatic rings. The molecule has 4 nitrogen and oxygen atoms in total. The van der Waals surface area contributed by atoms with Crippen LogP contribution in [-0.2, 0) is 22.6 Å². The average Bonchev–Trinajstić information content (AvgIpc) is 2.66. The van der Waals surface area contributed by atoms with E-state index in [1.807, 2.05) is 25.1 Å². The summed E-state index contributed by atoms with van der Waals surface area (Å²) in [5, 5.41) is 3.36. The number of rotatable bonds is 8. The standard InChI is InChI=1S/C21H24ClFN2O2/c1-3-12-24-21(27)15(2)25(14-17-6-4-5-7-19(17)22)20(26)13-16-8-10-18(23)11-9-16/h4-11,15H,3,12-14H2,1-2H3,(H,24,27). The highest BCUT2D eigenvalue weighted by Gasteiger charge is 2.26. The number of hydrogen-bond donors (Lipinski definition) is 1. The number of amides is 2. The van der Waals surface area contributed by atoms with Gasteiger partial charge in [-0.2, -0.15) is 0 Å². The number of nitrogens with one attached hydrogen (secondary N) is 1. The van der Waals surface area contributed by atoms with Crippen molar-refractivity contribution in [1.29, 1.82) is 0 Å². The summed E-state index contributed by atoms with van der Waals surface area (Å²) in [5.41, 5.74) is 1.45. The zero-order valence-electron chi connectivity index (χ0n) is 15.5. The summed E-state index contributed by atoms with van der Waals surface area (Å²) >= 11 is 6.24. The monoisotopic (exact) mass is 390 g/mol. The van der Waals surface area contributed by atoms with E-state index in [0.717, 1.165) is 12.0 Å². The Hall–Kier alpha value is -2.40. The first kappa shape index (κ1) is 20.9. The maximum atomic E-state index is 13.1. The molecule has 27 heavy (non-hydrogen) atoms. The fourth-order valence-corrected chi connectivity index (χ4v) is 2.86. The quantitative estimate of drug-likeness (QED) is 0.741. The maximum Gasteiger partial charge on any atom is 0.242 e. The van der Waals surface area contributed by atoms with Gasteiger partial charge >= 0.3 is 0 Å². The minimum absolute atomic E-state index is 0.0795. The summed E-state index contributed by atoms with van der Waals surface area (Å²) in [6, 6.07) is 12.4. The molecule has 1 unspecified atom stereocenters. The molecule has 1 N–H and O–H groups in total. The molecule has 0 fully saturated rings. The minimum atomic E-state index is -0.652. The van der Waals surface area contributed by atoms with Crippen LogP contribution in [0.2, 0.25) is 5.02 Å². The van der Waals surface area contributed by atoms with Crippen molar-refractivity contribution in [3.63, 3.8) is 0 Å². The molecule has 0 aliphatic carbocycles. The first-order chi connectivity index (χ1) is 12.9. The molecule has 0 radical (unpaired) electrons. The van der Waals surface area contributed by atoms with Crippen LogP contribution in [0.3, 0.4) is 0 Å². The fourth-order valence-electron chi connectivity index (χ4n) is 2.67. The van der Waals surface area contributed by atoms with Crippen molar-refractivity contribution in [2.24, 2.45) is 0 Å². The van der Waals surface area contributed by atoms with Crippen molar-refractivity contribution in [2.75, 3.05) is 6.54 Å². The van der Waals surface area contributed by atoms with Crippen LogP contribution >= 0.6 is 11.6 Å². The predicted molar refractivity (Wildman–Crippen MR) is 105 cm³/mol. The van der Waals surface area contributed by atoms with E-state index < -0.39 is 6.04 Å². The summed E-state index contributed by atoms with van der Waals surface area (Å²) < 4.78 is 13.1. The number of nitrogens with zero attached hydrogens (tertiary/aromatic N) is 1. The topological polar surface area (TPSA) is 49.4 Å². The largest absolute Gasteiger partial charge is 0.354 e. The SMILES string of the molecule is CCCNC(=O)C(C)N(Cc1ccccc1Cl)C(=O)Cc1ccc(F)cc1. The van der Waals surface area contributed by atoms with E-state index in [1.165, 1.54) is 17.0 Å². The smallest absolute Gasteiger partial charge is 0.242 e. The van der Waals surface area contributed by atoms with Crippen LogP contribution < -0.4 is 5.32 Å². The van der Waals surface area contributed by atoms with Crippen LogP contribution in [0.1, 0.15) is 31.4 Å². The van der Waals surface area contributed by atoms with Gasteiger partial charge in [-0.1, -0.05) is 48.9 Å². The second kappa shape index (κ2) is 10.1. The zero-order chi connectivity index (χ0) is 19.8. The molecule has 0 saturated heterocycles. The number of benzene rings is 2. The molecule has 0 bridgehead atoms. The zero-order valence-corrected chi connectivity index (χ0v) is 16.3. The van der Waals surface area contributed by atoms with Gasteiger partial charge in [0, 0.05) is 18.1 Å². The van der Waals surface area contributed by atoms with Crippen molar-refractivity contribution >= 4 is 23.4 Å². The number of carbonyl (C=O) groups is 2. The van der Waals surface area contributed by atoms with Crippen LogP contribution in [0.25, 0.3) is 0 Å². The molecule has 0 spiro atoms. The van der Waals surface area contributed by atoms with Gasteiger partial charge in [-0.15, -0.1) is 0 Å². The van der Waals surface area contributed by atoms with Crippen LogP contribution in [0.4, 0.5) is 4.39 Å². The molecule has 1 atom stereocenters. The van der Waals surface area contributed by atoms with Gasteiger partial charge in [-0.05, 0) is 42.7 Å². The summed E-state index contributed by atoms with van der Waals surface area (Å²) in [5.74, 6) is -0.788. The van der Waals surface area contributed by atoms with E-state index in [1.54, 1.807) is 25.1 Å². The Morgan fingerprint density at radius 3 is 2.44 bits per heavy atom. The van der Waals surface area contributed by atoms with Crippen molar-refractivity contribution in [2.45, 2.75) is 39.3 Å². The minimum Gasteiger partial charge on any atom is -0.354 e. The Labute approximate surface area is 164 Å². The van der Waals surface area contributed by atoms with E-state index in [2.05, 4.69) is 5.32 Å². The summed E-state index contributed by atoms with van der Waals surface area (Å²) in [4.78, 5) is 26.9. The molecule has 0 heterocycles. The van der Waals surface area contributed by atoms with E-state index in [9.17, 15) is 14.0 Å². The highest BCUT2D eigenvalue weighted by molar-refractivity contribution is 6.31. The number of carbonyl (C=O) groups excluding carboxylic acids is 2. The Balaban J connectivity index is 2.21. The molecule has 0 aliphatic heterocycles. The van der Waals surface area contributed by atoms with Gasteiger partial charge in [-0.25, -0.2) is 4.39 Å². The second-order valence-electron chi connectivity index (χ2n) is 6.38. The summed E-state index contributed by atoms with van der Waals surface area (Å²) in [7, 11) is 0. The Bertz CT molecular complexity index is 780. The molecule has 2 rings (SSSR count). The van der Waals surface area contributed by atoms with Gasteiger partial charge < -0.3 is 10.2 Å². The van der Waals surface area contributed by atoms with Crippen molar-refractivity contribution in [1.82, 2.24) is 10.2 Å². The lowest BCUT2D eigenvalue weighted by Crippen LogP contribution is -2.48. The van der Waals surface area contributed by atoms with Gasteiger partial charge in [0.1, 0.15) is 11.9 Å². The normalized spacial score (nSPS) is 11.7. The van der Waals surface area contributed by atoms with Gasteiger partial charge in [0.2, 0.25) is 11.8 Å². The van der Waals surface area contributed by atoms with E-state index in [0.29, 0.717) is 17.1 Å². The number of hydrogen-bond acceptors (Lipinski definition) is 2. The molecule has 0 aromatic heterocycles. The van der Waals surface area contributed by atoms with E-state index in [-0.39, 0.29) is 30.6 Å².